The second kappa shape index (κ2) is 8.54. The molecule has 0 bridgehead atoms. The van der Waals surface area contributed by atoms with E-state index < -0.39 is 5.63 Å². The van der Waals surface area contributed by atoms with Crippen LogP contribution in [0.4, 0.5) is 0 Å². The SMILES string of the molecule is COc1cc(/C=C/C(=O)NCc2cn(-c3cc4ccccc4oc3=O)nn2)ccc1O. The van der Waals surface area contributed by atoms with Gasteiger partial charge in [0.25, 0.3) is 0 Å². The Bertz CT molecular complexity index is 1340. The molecule has 4 aromatic rings. The average Bonchev–Trinajstić information content (AvgIpc) is 3.25. The maximum absolute atomic E-state index is 12.2. The molecule has 31 heavy (non-hydrogen) atoms. The summed E-state index contributed by atoms with van der Waals surface area (Å²) >= 11 is 0. The molecule has 9 nitrogen and oxygen atoms in total. The van der Waals surface area contributed by atoms with Crippen LogP contribution in [-0.4, -0.2) is 33.1 Å². The molecule has 2 N–H and O–H groups in total. The molecule has 0 aliphatic rings. The minimum absolute atomic E-state index is 0.0210. The number of hydrogen-bond acceptors (Lipinski definition) is 7. The van der Waals surface area contributed by atoms with Crippen LogP contribution in [0.3, 0.4) is 0 Å². The number of benzene rings is 2. The number of hydrogen-bond donors (Lipinski definition) is 2. The summed E-state index contributed by atoms with van der Waals surface area (Å²) in [5.41, 5.74) is 1.35. The van der Waals surface area contributed by atoms with Crippen molar-refractivity contribution in [2.75, 3.05) is 7.11 Å². The van der Waals surface area contributed by atoms with E-state index >= 15 is 0 Å². The zero-order valence-corrected chi connectivity index (χ0v) is 16.5. The summed E-state index contributed by atoms with van der Waals surface area (Å²) in [4.78, 5) is 24.3. The smallest absolute Gasteiger partial charge is 0.362 e. The Kier molecular flexibility index (Phi) is 5.48. The van der Waals surface area contributed by atoms with Gasteiger partial charge in [-0.05, 0) is 35.9 Å². The Morgan fingerprint density at radius 1 is 1.26 bits per heavy atom. The maximum atomic E-state index is 12.2. The minimum Gasteiger partial charge on any atom is -0.504 e. The van der Waals surface area contributed by atoms with Crippen molar-refractivity contribution in [2.45, 2.75) is 6.54 Å². The van der Waals surface area contributed by atoms with E-state index in [1.807, 2.05) is 12.1 Å². The van der Waals surface area contributed by atoms with Crippen LogP contribution in [0.5, 0.6) is 11.5 Å². The highest BCUT2D eigenvalue weighted by Gasteiger charge is 2.10. The summed E-state index contributed by atoms with van der Waals surface area (Å²) in [5.74, 6) is -0.00297. The quantitative estimate of drug-likeness (QED) is 0.364. The number of phenolic OH excluding ortho intramolecular Hbond substituents is 1. The number of amides is 1. The van der Waals surface area contributed by atoms with Crippen molar-refractivity contribution < 1.29 is 19.1 Å². The Hall–Kier alpha value is -4.40. The van der Waals surface area contributed by atoms with Gasteiger partial charge in [-0.25, -0.2) is 9.48 Å². The van der Waals surface area contributed by atoms with Crippen LogP contribution in [0, 0.1) is 0 Å². The number of aromatic nitrogens is 3. The van der Waals surface area contributed by atoms with Crippen LogP contribution in [-0.2, 0) is 11.3 Å². The fourth-order valence-electron chi connectivity index (χ4n) is 2.91. The van der Waals surface area contributed by atoms with Crippen LogP contribution < -0.4 is 15.7 Å². The summed E-state index contributed by atoms with van der Waals surface area (Å²) in [6, 6.07) is 13.6. The maximum Gasteiger partial charge on any atom is 0.362 e. The zero-order chi connectivity index (χ0) is 21.8. The lowest BCUT2D eigenvalue weighted by atomic mass is 10.2. The number of carbonyl (C=O) groups excluding carboxylic acids is 1. The molecule has 0 saturated heterocycles. The lowest BCUT2D eigenvalue weighted by Crippen LogP contribution is -2.20. The number of fused-ring (bicyclic) bond motifs is 1. The van der Waals surface area contributed by atoms with Crippen LogP contribution >= 0.6 is 0 Å². The molecule has 0 atom stereocenters. The second-order valence-corrected chi connectivity index (χ2v) is 6.59. The van der Waals surface area contributed by atoms with Gasteiger partial charge in [0, 0.05) is 11.5 Å². The summed E-state index contributed by atoms with van der Waals surface area (Å²) in [6.07, 6.45) is 4.50. The molecule has 0 aliphatic heterocycles. The van der Waals surface area contributed by atoms with E-state index in [4.69, 9.17) is 9.15 Å². The molecule has 0 spiro atoms. The van der Waals surface area contributed by atoms with Crippen LogP contribution in [0.25, 0.3) is 22.7 Å². The highest BCUT2D eigenvalue weighted by molar-refractivity contribution is 5.91. The van der Waals surface area contributed by atoms with E-state index in [1.54, 1.807) is 42.6 Å². The topological polar surface area (TPSA) is 119 Å². The minimum atomic E-state index is -0.536. The normalized spacial score (nSPS) is 11.1. The highest BCUT2D eigenvalue weighted by Crippen LogP contribution is 2.26. The van der Waals surface area contributed by atoms with Crippen molar-refractivity contribution >= 4 is 23.0 Å². The van der Waals surface area contributed by atoms with Gasteiger partial charge in [-0.1, -0.05) is 29.5 Å². The molecule has 9 heteroatoms. The van der Waals surface area contributed by atoms with Gasteiger partial charge >= 0.3 is 5.63 Å². The summed E-state index contributed by atoms with van der Waals surface area (Å²) < 4.78 is 11.7. The van der Waals surface area contributed by atoms with Crippen LogP contribution in [0.15, 0.2) is 70.0 Å². The number of carbonyl (C=O) groups is 1. The number of para-hydroxylation sites is 1. The first kappa shape index (κ1) is 19.9. The molecule has 0 radical (unpaired) electrons. The predicted molar refractivity (Wildman–Crippen MR) is 113 cm³/mol. The monoisotopic (exact) mass is 418 g/mol. The molecule has 0 aliphatic carbocycles. The van der Waals surface area contributed by atoms with Crippen molar-refractivity contribution in [2.24, 2.45) is 0 Å². The Morgan fingerprint density at radius 2 is 2.10 bits per heavy atom. The van der Waals surface area contributed by atoms with Gasteiger partial charge in [-0.15, -0.1) is 5.10 Å². The molecular weight excluding hydrogens is 400 g/mol. The third-order valence-corrected chi connectivity index (χ3v) is 4.49. The van der Waals surface area contributed by atoms with Crippen molar-refractivity contribution in [3.63, 3.8) is 0 Å². The summed E-state index contributed by atoms with van der Waals surface area (Å²) in [7, 11) is 1.45. The first-order valence-electron chi connectivity index (χ1n) is 9.31. The van der Waals surface area contributed by atoms with Gasteiger partial charge in [-0.2, -0.15) is 0 Å². The van der Waals surface area contributed by atoms with Gasteiger partial charge in [-0.3, -0.25) is 4.79 Å². The van der Waals surface area contributed by atoms with E-state index in [0.717, 1.165) is 5.39 Å². The number of aromatic hydroxyl groups is 1. The van der Waals surface area contributed by atoms with Crippen LogP contribution in [0.2, 0.25) is 0 Å². The van der Waals surface area contributed by atoms with Gasteiger partial charge < -0.3 is 19.6 Å². The van der Waals surface area contributed by atoms with E-state index in [0.29, 0.717) is 22.6 Å². The number of phenols is 1. The molecule has 2 aromatic carbocycles. The third-order valence-electron chi connectivity index (χ3n) is 4.49. The van der Waals surface area contributed by atoms with Gasteiger partial charge in [0.05, 0.1) is 19.9 Å². The van der Waals surface area contributed by atoms with Gasteiger partial charge in [0.15, 0.2) is 17.2 Å². The van der Waals surface area contributed by atoms with Crippen LogP contribution in [0.1, 0.15) is 11.3 Å². The second-order valence-electron chi connectivity index (χ2n) is 6.59. The van der Waals surface area contributed by atoms with Crippen molar-refractivity contribution in [3.05, 3.63) is 82.5 Å². The fraction of sp³-hybridized carbons (Fsp3) is 0.0909. The number of nitrogens with zero attached hydrogens (tertiary/aromatic N) is 3. The third kappa shape index (κ3) is 4.45. The van der Waals surface area contributed by atoms with Gasteiger partial charge in [0.2, 0.25) is 5.91 Å². The van der Waals surface area contributed by atoms with Crippen molar-refractivity contribution in [3.8, 4) is 17.2 Å². The zero-order valence-electron chi connectivity index (χ0n) is 16.5. The number of methoxy groups -OCH3 is 1. The largest absolute Gasteiger partial charge is 0.504 e. The average molecular weight is 418 g/mol. The Labute approximate surface area is 176 Å². The van der Waals surface area contributed by atoms with E-state index in [2.05, 4.69) is 15.6 Å². The van der Waals surface area contributed by atoms with E-state index in [-0.39, 0.29) is 23.9 Å². The molecule has 0 fully saturated rings. The lowest BCUT2D eigenvalue weighted by molar-refractivity contribution is -0.116. The highest BCUT2D eigenvalue weighted by atomic mass is 16.5. The standard InChI is InChI=1S/C22H18N4O5/c1-30-20-10-14(6-8-18(20)27)7-9-21(28)23-12-16-13-26(25-24-16)17-11-15-4-2-3-5-19(15)31-22(17)29/h2-11,13,27H,12H2,1H3,(H,23,28)/b9-7+. The molecule has 1 amide bonds. The molecular formula is C22H18N4O5. The first-order valence-corrected chi connectivity index (χ1v) is 9.31. The number of rotatable bonds is 6. The molecule has 2 aromatic heterocycles. The van der Waals surface area contributed by atoms with E-state index in [9.17, 15) is 14.7 Å². The van der Waals surface area contributed by atoms with E-state index in [1.165, 1.54) is 23.9 Å². The molecule has 4 rings (SSSR count). The van der Waals surface area contributed by atoms with Crippen molar-refractivity contribution in [1.29, 1.82) is 0 Å². The number of ether oxygens (including phenoxy) is 1. The summed E-state index contributed by atoms with van der Waals surface area (Å²) in [5, 5.41) is 21.0. The van der Waals surface area contributed by atoms with Crippen molar-refractivity contribution in [1.82, 2.24) is 20.3 Å². The molecule has 0 saturated carbocycles. The molecule has 0 unspecified atom stereocenters. The Morgan fingerprint density at radius 3 is 2.94 bits per heavy atom. The predicted octanol–water partition coefficient (Wildman–Crippen LogP) is 2.42. The Balaban J connectivity index is 1.42. The number of nitrogens with one attached hydrogen (secondary N) is 1. The summed E-state index contributed by atoms with van der Waals surface area (Å²) in [6.45, 7) is 0.126. The first-order chi connectivity index (χ1) is 15.0. The molecule has 156 valence electrons. The molecule has 2 heterocycles. The lowest BCUT2D eigenvalue weighted by Gasteiger charge is -2.03. The van der Waals surface area contributed by atoms with Gasteiger partial charge in [0.1, 0.15) is 11.3 Å². The fourth-order valence-corrected chi connectivity index (χ4v) is 2.91.